The third-order valence-corrected chi connectivity index (χ3v) is 4.55. The molecular formula is C22H27NO5. The molecule has 0 heterocycles. The highest BCUT2D eigenvalue weighted by molar-refractivity contribution is 5.77. The second-order valence-electron chi connectivity index (χ2n) is 6.72. The van der Waals surface area contributed by atoms with E-state index in [0.717, 1.165) is 16.7 Å². The molecule has 0 saturated carbocycles. The summed E-state index contributed by atoms with van der Waals surface area (Å²) in [5, 5.41) is 12.2. The lowest BCUT2D eigenvalue weighted by Crippen LogP contribution is -2.34. The lowest BCUT2D eigenvalue weighted by Gasteiger charge is -2.14. The summed E-state index contributed by atoms with van der Waals surface area (Å²) in [5.74, 6) is -0.501. The average molecular weight is 385 g/mol. The normalized spacial score (nSPS) is 11.5. The summed E-state index contributed by atoms with van der Waals surface area (Å²) in [5.41, 5.74) is 2.98. The van der Waals surface area contributed by atoms with E-state index in [1.165, 1.54) is 0 Å². The molecule has 0 aliphatic carbocycles. The molecule has 6 nitrogen and oxygen atoms in total. The SMILES string of the molecule is COc1ccc(CCC(=O)NCC(Cc2cccc(C)c2)C(=O)O)cc1OC. The fourth-order valence-electron chi connectivity index (χ4n) is 2.99. The van der Waals surface area contributed by atoms with Crippen molar-refractivity contribution in [2.75, 3.05) is 20.8 Å². The first-order chi connectivity index (χ1) is 13.4. The molecule has 0 fully saturated rings. The standard InChI is InChI=1S/C22H27NO5/c1-15-5-4-6-17(11-15)12-18(22(25)26)14-23-21(24)10-8-16-7-9-19(27-2)20(13-16)28-3/h4-7,9,11,13,18H,8,10,12,14H2,1-3H3,(H,23,24)(H,25,26). The van der Waals surface area contributed by atoms with E-state index >= 15 is 0 Å². The fourth-order valence-corrected chi connectivity index (χ4v) is 2.99. The molecule has 0 spiro atoms. The molecule has 1 unspecified atom stereocenters. The van der Waals surface area contributed by atoms with Crippen LogP contribution in [-0.4, -0.2) is 37.7 Å². The Morgan fingerprint density at radius 1 is 1.04 bits per heavy atom. The van der Waals surface area contributed by atoms with Gasteiger partial charge >= 0.3 is 5.97 Å². The minimum absolute atomic E-state index is 0.105. The lowest BCUT2D eigenvalue weighted by atomic mass is 9.98. The van der Waals surface area contributed by atoms with Gasteiger partial charge in [-0.05, 0) is 43.0 Å². The zero-order valence-corrected chi connectivity index (χ0v) is 16.5. The van der Waals surface area contributed by atoms with Gasteiger partial charge < -0.3 is 19.9 Å². The zero-order chi connectivity index (χ0) is 20.5. The summed E-state index contributed by atoms with van der Waals surface area (Å²) < 4.78 is 10.5. The number of nitrogens with one attached hydrogen (secondary N) is 1. The Morgan fingerprint density at radius 2 is 1.79 bits per heavy atom. The molecule has 28 heavy (non-hydrogen) atoms. The number of ether oxygens (including phenoxy) is 2. The number of aryl methyl sites for hydroxylation is 2. The Kier molecular flexibility index (Phi) is 7.87. The molecule has 0 aromatic heterocycles. The second-order valence-corrected chi connectivity index (χ2v) is 6.72. The minimum Gasteiger partial charge on any atom is -0.493 e. The predicted molar refractivity (Wildman–Crippen MR) is 107 cm³/mol. The van der Waals surface area contributed by atoms with Crippen LogP contribution in [0.25, 0.3) is 0 Å². The van der Waals surface area contributed by atoms with Gasteiger partial charge in [0.05, 0.1) is 20.1 Å². The van der Waals surface area contributed by atoms with Crippen molar-refractivity contribution in [1.82, 2.24) is 5.32 Å². The number of rotatable bonds is 10. The van der Waals surface area contributed by atoms with E-state index in [4.69, 9.17) is 9.47 Å². The number of hydrogen-bond acceptors (Lipinski definition) is 4. The Bertz CT molecular complexity index is 818. The number of methoxy groups -OCH3 is 2. The third kappa shape index (κ3) is 6.30. The third-order valence-electron chi connectivity index (χ3n) is 4.55. The van der Waals surface area contributed by atoms with Crippen molar-refractivity contribution in [3.05, 3.63) is 59.2 Å². The number of aliphatic carboxylic acids is 1. The summed E-state index contributed by atoms with van der Waals surface area (Å²) >= 11 is 0. The molecule has 0 radical (unpaired) electrons. The highest BCUT2D eigenvalue weighted by atomic mass is 16.5. The van der Waals surface area contributed by atoms with Gasteiger partial charge in [-0.25, -0.2) is 0 Å². The summed E-state index contributed by atoms with van der Waals surface area (Å²) in [6.45, 7) is 2.07. The molecule has 0 bridgehead atoms. The summed E-state index contributed by atoms with van der Waals surface area (Å²) in [6.07, 6.45) is 1.18. The monoisotopic (exact) mass is 385 g/mol. The number of carboxylic acids is 1. The van der Waals surface area contributed by atoms with Crippen molar-refractivity contribution in [2.45, 2.75) is 26.2 Å². The number of benzene rings is 2. The van der Waals surface area contributed by atoms with Crippen LogP contribution in [0.15, 0.2) is 42.5 Å². The van der Waals surface area contributed by atoms with E-state index in [1.54, 1.807) is 20.3 Å². The van der Waals surface area contributed by atoms with Crippen LogP contribution in [0.1, 0.15) is 23.1 Å². The van der Waals surface area contributed by atoms with Gasteiger partial charge in [-0.1, -0.05) is 35.9 Å². The first-order valence-electron chi connectivity index (χ1n) is 9.19. The van der Waals surface area contributed by atoms with Crippen LogP contribution < -0.4 is 14.8 Å². The lowest BCUT2D eigenvalue weighted by molar-refractivity contribution is -0.141. The molecule has 6 heteroatoms. The molecule has 150 valence electrons. The zero-order valence-electron chi connectivity index (χ0n) is 16.5. The number of carboxylic acid groups (broad SMARTS) is 1. The Balaban J connectivity index is 1.86. The van der Waals surface area contributed by atoms with Gasteiger partial charge in [0.1, 0.15) is 0 Å². The van der Waals surface area contributed by atoms with E-state index in [1.807, 2.05) is 43.3 Å². The number of amides is 1. The van der Waals surface area contributed by atoms with Crippen LogP contribution in [0.5, 0.6) is 11.5 Å². The maximum Gasteiger partial charge on any atom is 0.308 e. The molecular weight excluding hydrogens is 358 g/mol. The van der Waals surface area contributed by atoms with Crippen LogP contribution in [0.2, 0.25) is 0 Å². The van der Waals surface area contributed by atoms with Gasteiger partial charge in [0, 0.05) is 13.0 Å². The molecule has 2 rings (SSSR count). The largest absolute Gasteiger partial charge is 0.493 e. The van der Waals surface area contributed by atoms with E-state index in [-0.39, 0.29) is 18.9 Å². The molecule has 0 aliphatic rings. The van der Waals surface area contributed by atoms with Crippen LogP contribution >= 0.6 is 0 Å². The Morgan fingerprint density at radius 3 is 2.43 bits per heavy atom. The minimum atomic E-state index is -0.915. The van der Waals surface area contributed by atoms with Crippen LogP contribution in [0.4, 0.5) is 0 Å². The van der Waals surface area contributed by atoms with E-state index in [2.05, 4.69) is 5.32 Å². The van der Waals surface area contributed by atoms with Crippen molar-refractivity contribution in [3.8, 4) is 11.5 Å². The van der Waals surface area contributed by atoms with Gasteiger partial charge in [0.15, 0.2) is 11.5 Å². The highest BCUT2D eigenvalue weighted by Crippen LogP contribution is 2.27. The quantitative estimate of drug-likeness (QED) is 0.657. The highest BCUT2D eigenvalue weighted by Gasteiger charge is 2.19. The van der Waals surface area contributed by atoms with Gasteiger partial charge in [-0.15, -0.1) is 0 Å². The van der Waals surface area contributed by atoms with Crippen molar-refractivity contribution >= 4 is 11.9 Å². The van der Waals surface area contributed by atoms with Crippen LogP contribution in [0, 0.1) is 12.8 Å². The molecule has 0 saturated heterocycles. The fraction of sp³-hybridized carbons (Fsp3) is 0.364. The topological polar surface area (TPSA) is 84.9 Å². The van der Waals surface area contributed by atoms with E-state index in [0.29, 0.717) is 24.3 Å². The molecule has 1 atom stereocenters. The molecule has 2 aromatic carbocycles. The molecule has 1 amide bonds. The second kappa shape index (κ2) is 10.3. The molecule has 2 aromatic rings. The number of carbonyl (C=O) groups is 2. The van der Waals surface area contributed by atoms with Crippen molar-refractivity contribution in [1.29, 1.82) is 0 Å². The maximum absolute atomic E-state index is 12.2. The summed E-state index contributed by atoms with van der Waals surface area (Å²) in [4.78, 5) is 23.7. The van der Waals surface area contributed by atoms with Crippen LogP contribution in [-0.2, 0) is 22.4 Å². The summed E-state index contributed by atoms with van der Waals surface area (Å²) in [7, 11) is 3.13. The van der Waals surface area contributed by atoms with Gasteiger partial charge in [0.25, 0.3) is 0 Å². The van der Waals surface area contributed by atoms with Crippen molar-refractivity contribution in [2.24, 2.45) is 5.92 Å². The summed E-state index contributed by atoms with van der Waals surface area (Å²) in [6, 6.07) is 13.3. The van der Waals surface area contributed by atoms with E-state index < -0.39 is 11.9 Å². The predicted octanol–water partition coefficient (Wildman–Crippen LogP) is 3.00. The van der Waals surface area contributed by atoms with Crippen molar-refractivity contribution in [3.63, 3.8) is 0 Å². The van der Waals surface area contributed by atoms with Gasteiger partial charge in [-0.3, -0.25) is 9.59 Å². The first-order valence-corrected chi connectivity index (χ1v) is 9.19. The first kappa shape index (κ1) is 21.3. The molecule has 2 N–H and O–H groups in total. The maximum atomic E-state index is 12.2. The average Bonchev–Trinajstić information content (AvgIpc) is 2.69. The number of hydrogen-bond donors (Lipinski definition) is 2. The molecule has 0 aliphatic heterocycles. The Hall–Kier alpha value is -3.02. The van der Waals surface area contributed by atoms with Gasteiger partial charge in [-0.2, -0.15) is 0 Å². The number of carbonyl (C=O) groups excluding carboxylic acids is 1. The smallest absolute Gasteiger partial charge is 0.308 e. The van der Waals surface area contributed by atoms with Crippen molar-refractivity contribution < 1.29 is 24.2 Å². The van der Waals surface area contributed by atoms with Crippen LogP contribution in [0.3, 0.4) is 0 Å². The Labute approximate surface area is 165 Å². The van der Waals surface area contributed by atoms with Gasteiger partial charge in [0.2, 0.25) is 5.91 Å². The van der Waals surface area contributed by atoms with E-state index in [9.17, 15) is 14.7 Å².